The van der Waals surface area contributed by atoms with Crippen LogP contribution in [-0.2, 0) is 4.79 Å². The van der Waals surface area contributed by atoms with Gasteiger partial charge in [-0.2, -0.15) is 0 Å². The molecule has 4 rings (SSSR count). The molecule has 2 saturated heterocycles. The van der Waals surface area contributed by atoms with Crippen molar-refractivity contribution in [2.75, 3.05) is 17.8 Å². The van der Waals surface area contributed by atoms with E-state index in [2.05, 4.69) is 0 Å². The topological polar surface area (TPSA) is 32.8 Å². The molecule has 25 heavy (non-hydrogen) atoms. The minimum atomic E-state index is -0.283. The maximum Gasteiger partial charge on any atom is 0.257 e. The van der Waals surface area contributed by atoms with Gasteiger partial charge in [-0.05, 0) is 54.2 Å². The summed E-state index contributed by atoms with van der Waals surface area (Å²) in [5.74, 6) is 1.09. The Bertz CT molecular complexity index is 826. The number of methoxy groups -OCH3 is 1. The van der Waals surface area contributed by atoms with E-state index >= 15 is 0 Å². The van der Waals surface area contributed by atoms with Crippen molar-refractivity contribution in [2.45, 2.75) is 11.4 Å². The van der Waals surface area contributed by atoms with E-state index in [1.165, 1.54) is 12.1 Å². The number of amides is 1. The van der Waals surface area contributed by atoms with Crippen molar-refractivity contribution in [3.63, 3.8) is 0 Å². The summed E-state index contributed by atoms with van der Waals surface area (Å²) in [7, 11) is 1.60. The quantitative estimate of drug-likeness (QED) is 0.767. The average Bonchev–Trinajstić information content (AvgIpc) is 3.17. The zero-order valence-corrected chi connectivity index (χ0v) is 15.0. The van der Waals surface area contributed by atoms with Crippen molar-refractivity contribution in [1.82, 2.24) is 4.90 Å². The number of carbonyl (C=O) groups excluding carboxylic acids is 1. The fraction of sp³-hybridized carbons (Fsp3) is 0.222. The minimum absolute atomic E-state index is 0.0210. The van der Waals surface area contributed by atoms with Gasteiger partial charge in [-0.15, -0.1) is 11.8 Å². The van der Waals surface area contributed by atoms with Gasteiger partial charge in [0.15, 0.2) is 5.11 Å². The second kappa shape index (κ2) is 6.31. The molecule has 7 heteroatoms. The Balaban J connectivity index is 1.65. The van der Waals surface area contributed by atoms with Gasteiger partial charge in [0.05, 0.1) is 12.8 Å². The molecule has 2 heterocycles. The van der Waals surface area contributed by atoms with Crippen LogP contribution in [0, 0.1) is 5.82 Å². The van der Waals surface area contributed by atoms with E-state index in [1.807, 2.05) is 17.0 Å². The van der Waals surface area contributed by atoms with Crippen LogP contribution in [0.15, 0.2) is 48.5 Å². The first-order valence-electron chi connectivity index (χ1n) is 7.77. The Kier molecular flexibility index (Phi) is 4.13. The summed E-state index contributed by atoms with van der Waals surface area (Å²) in [6.45, 7) is 0. The fourth-order valence-corrected chi connectivity index (χ4v) is 5.06. The monoisotopic (exact) mass is 374 g/mol. The fourth-order valence-electron chi connectivity index (χ4n) is 3.14. The highest BCUT2D eigenvalue weighted by Gasteiger charge is 2.50. The number of fused-ring (bicyclic) bond motifs is 1. The smallest absolute Gasteiger partial charge is 0.257 e. The molecule has 0 radical (unpaired) electrons. The first-order chi connectivity index (χ1) is 12.1. The zero-order valence-electron chi connectivity index (χ0n) is 13.4. The van der Waals surface area contributed by atoms with Crippen LogP contribution >= 0.6 is 24.0 Å². The highest BCUT2D eigenvalue weighted by molar-refractivity contribution is 7.99. The number of benzene rings is 2. The Labute approximate surface area is 154 Å². The third kappa shape index (κ3) is 2.67. The third-order valence-corrected chi connectivity index (χ3v) is 6.12. The van der Waals surface area contributed by atoms with Gasteiger partial charge >= 0.3 is 0 Å². The van der Waals surface area contributed by atoms with Crippen LogP contribution in [0.25, 0.3) is 0 Å². The third-order valence-electron chi connectivity index (χ3n) is 4.40. The van der Waals surface area contributed by atoms with Gasteiger partial charge in [0.2, 0.25) is 0 Å². The standard InChI is InChI=1S/C18H15FN2O2S2/c1-23-14-8-6-13(7-9-14)20-16(22)15-10-25-17(21(15)18(20)24)11-2-4-12(19)5-3-11/h2-9,15,17H,10H2,1H3/t15-,17+/m1/s1. The lowest BCUT2D eigenvalue weighted by molar-refractivity contribution is -0.119. The van der Waals surface area contributed by atoms with Gasteiger partial charge in [0, 0.05) is 5.75 Å². The van der Waals surface area contributed by atoms with Crippen LogP contribution in [0.1, 0.15) is 10.9 Å². The van der Waals surface area contributed by atoms with Crippen LogP contribution in [-0.4, -0.2) is 34.8 Å². The van der Waals surface area contributed by atoms with Gasteiger partial charge in [-0.3, -0.25) is 9.69 Å². The SMILES string of the molecule is COc1ccc(N2C(=O)[C@H]3CS[C@@H](c4ccc(F)cc4)N3C2=S)cc1. The van der Waals surface area contributed by atoms with Crippen molar-refractivity contribution >= 4 is 40.7 Å². The van der Waals surface area contributed by atoms with Crippen molar-refractivity contribution in [1.29, 1.82) is 0 Å². The van der Waals surface area contributed by atoms with Gasteiger partial charge in [0.25, 0.3) is 5.91 Å². The summed E-state index contributed by atoms with van der Waals surface area (Å²) in [6.07, 6.45) is 0. The molecule has 2 aliphatic rings. The maximum absolute atomic E-state index is 13.2. The van der Waals surface area contributed by atoms with Crippen molar-refractivity contribution < 1.29 is 13.9 Å². The molecule has 2 aliphatic heterocycles. The second-order valence-corrected chi connectivity index (χ2v) is 7.29. The summed E-state index contributed by atoms with van der Waals surface area (Å²) in [5, 5.41) is 0.407. The molecule has 4 nitrogen and oxygen atoms in total. The molecule has 0 spiro atoms. The van der Waals surface area contributed by atoms with Gasteiger partial charge < -0.3 is 9.64 Å². The number of anilines is 1. The van der Waals surface area contributed by atoms with E-state index in [9.17, 15) is 9.18 Å². The largest absolute Gasteiger partial charge is 0.497 e. The van der Waals surface area contributed by atoms with Gasteiger partial charge in [-0.1, -0.05) is 12.1 Å². The van der Waals surface area contributed by atoms with Crippen LogP contribution in [0.5, 0.6) is 5.75 Å². The van der Waals surface area contributed by atoms with Crippen molar-refractivity contribution in [3.05, 3.63) is 59.9 Å². The molecule has 0 saturated carbocycles. The number of hydrogen-bond acceptors (Lipinski definition) is 4. The lowest BCUT2D eigenvalue weighted by Crippen LogP contribution is -2.33. The van der Waals surface area contributed by atoms with E-state index in [1.54, 1.807) is 48.0 Å². The molecule has 0 bridgehead atoms. The zero-order chi connectivity index (χ0) is 17.6. The molecule has 0 aromatic heterocycles. The number of thiocarbonyl (C=S) groups is 1. The Morgan fingerprint density at radius 2 is 1.84 bits per heavy atom. The Morgan fingerprint density at radius 3 is 2.48 bits per heavy atom. The number of thioether (sulfide) groups is 1. The molecule has 0 N–H and O–H groups in total. The van der Waals surface area contributed by atoms with Crippen LogP contribution in [0.2, 0.25) is 0 Å². The summed E-state index contributed by atoms with van der Waals surface area (Å²) in [4.78, 5) is 16.4. The first kappa shape index (κ1) is 16.4. The number of hydrogen-bond donors (Lipinski definition) is 0. The molecule has 2 fully saturated rings. The van der Waals surface area contributed by atoms with E-state index in [0.29, 0.717) is 10.9 Å². The summed E-state index contributed by atoms with van der Waals surface area (Å²) in [6, 6.07) is 13.3. The molecule has 2 atom stereocenters. The number of rotatable bonds is 3. The van der Waals surface area contributed by atoms with Crippen molar-refractivity contribution in [2.24, 2.45) is 0 Å². The van der Waals surface area contributed by atoms with Crippen LogP contribution < -0.4 is 9.64 Å². The van der Waals surface area contributed by atoms with E-state index in [-0.39, 0.29) is 23.1 Å². The molecule has 0 aliphatic carbocycles. The van der Waals surface area contributed by atoms with Crippen LogP contribution in [0.4, 0.5) is 10.1 Å². The Hall–Kier alpha value is -2.12. The van der Waals surface area contributed by atoms with Crippen LogP contribution in [0.3, 0.4) is 0 Å². The first-order valence-corrected chi connectivity index (χ1v) is 9.23. The van der Waals surface area contributed by atoms with Gasteiger partial charge in [0.1, 0.15) is 23.0 Å². The lowest BCUT2D eigenvalue weighted by atomic mass is 10.2. The molecular weight excluding hydrogens is 359 g/mol. The molecule has 1 amide bonds. The number of nitrogens with zero attached hydrogens (tertiary/aromatic N) is 2. The lowest BCUT2D eigenvalue weighted by Gasteiger charge is -2.25. The van der Waals surface area contributed by atoms with E-state index < -0.39 is 0 Å². The molecule has 0 unspecified atom stereocenters. The number of ether oxygens (including phenoxy) is 1. The number of carbonyl (C=O) groups is 1. The highest BCUT2D eigenvalue weighted by Crippen LogP contribution is 2.46. The average molecular weight is 374 g/mol. The predicted molar refractivity (Wildman–Crippen MR) is 100 cm³/mol. The molecular formula is C18H15FN2O2S2. The normalized spacial score (nSPS) is 22.5. The van der Waals surface area contributed by atoms with E-state index in [0.717, 1.165) is 17.0 Å². The molecule has 2 aromatic carbocycles. The minimum Gasteiger partial charge on any atom is -0.497 e. The highest BCUT2D eigenvalue weighted by atomic mass is 32.2. The molecule has 128 valence electrons. The van der Waals surface area contributed by atoms with Crippen molar-refractivity contribution in [3.8, 4) is 5.75 Å². The number of halogens is 1. The predicted octanol–water partition coefficient (Wildman–Crippen LogP) is 3.58. The summed E-state index contributed by atoms with van der Waals surface area (Å²) < 4.78 is 18.4. The summed E-state index contributed by atoms with van der Waals surface area (Å²) >= 11 is 7.27. The van der Waals surface area contributed by atoms with Gasteiger partial charge in [-0.25, -0.2) is 4.39 Å². The maximum atomic E-state index is 13.2. The summed E-state index contributed by atoms with van der Waals surface area (Å²) in [5.41, 5.74) is 1.67. The Morgan fingerprint density at radius 1 is 1.16 bits per heavy atom. The second-order valence-electron chi connectivity index (χ2n) is 5.81. The van der Waals surface area contributed by atoms with E-state index in [4.69, 9.17) is 17.0 Å². The molecule has 2 aromatic rings.